The molecule has 2 bridgehead atoms. The van der Waals surface area contributed by atoms with Gasteiger partial charge in [-0.05, 0) is 44.2 Å². The molecule has 3 aliphatic carbocycles. The SMILES string of the molecule is O=C(COc1ccc(Cl)c(F)c1)NC12CCC(NC(=O)C3COC(C(F)(F)F)N3)(CC1)C[C@@H]2O. The summed E-state index contributed by atoms with van der Waals surface area (Å²) in [7, 11) is 0. The minimum Gasteiger partial charge on any atom is -0.484 e. The van der Waals surface area contributed by atoms with Crippen molar-refractivity contribution >= 4 is 23.4 Å². The van der Waals surface area contributed by atoms with Gasteiger partial charge in [0.15, 0.2) is 6.61 Å². The number of carbonyl (C=O) groups is 2. The van der Waals surface area contributed by atoms with Gasteiger partial charge < -0.3 is 25.2 Å². The highest BCUT2D eigenvalue weighted by Crippen LogP contribution is 2.47. The lowest BCUT2D eigenvalue weighted by Crippen LogP contribution is -2.71. The van der Waals surface area contributed by atoms with E-state index in [9.17, 15) is 32.3 Å². The topological polar surface area (TPSA) is 109 Å². The maximum atomic E-state index is 13.5. The molecule has 4 fully saturated rings. The zero-order valence-corrected chi connectivity index (χ0v) is 18.6. The van der Waals surface area contributed by atoms with E-state index < -0.39 is 66.5 Å². The number of amides is 2. The number of nitrogens with one attached hydrogen (secondary N) is 3. The quantitative estimate of drug-likeness (QED) is 0.435. The van der Waals surface area contributed by atoms with E-state index in [2.05, 4.69) is 20.7 Å². The minimum absolute atomic E-state index is 0.0739. The van der Waals surface area contributed by atoms with Crippen molar-refractivity contribution in [1.82, 2.24) is 16.0 Å². The first kappa shape index (κ1) is 25.0. The summed E-state index contributed by atoms with van der Waals surface area (Å²) in [6, 6.07) is 2.63. The molecule has 8 nitrogen and oxygen atoms in total. The van der Waals surface area contributed by atoms with E-state index in [1.165, 1.54) is 12.1 Å². The number of halogens is 5. The van der Waals surface area contributed by atoms with Crippen LogP contribution in [0, 0.1) is 5.82 Å². The summed E-state index contributed by atoms with van der Waals surface area (Å²) < 4.78 is 61.7. The number of benzene rings is 1. The van der Waals surface area contributed by atoms with E-state index in [0.29, 0.717) is 25.7 Å². The van der Waals surface area contributed by atoms with E-state index in [1.807, 2.05) is 0 Å². The maximum absolute atomic E-state index is 13.5. The summed E-state index contributed by atoms with van der Waals surface area (Å²) in [5, 5.41) is 18.4. The molecule has 0 radical (unpaired) electrons. The lowest BCUT2D eigenvalue weighted by molar-refractivity contribution is -0.212. The summed E-state index contributed by atoms with van der Waals surface area (Å²) >= 11 is 5.62. The van der Waals surface area contributed by atoms with E-state index in [1.54, 1.807) is 0 Å². The summed E-state index contributed by atoms with van der Waals surface area (Å²) in [5.41, 5.74) is -1.69. The third-order valence-electron chi connectivity index (χ3n) is 6.75. The van der Waals surface area contributed by atoms with Crippen molar-refractivity contribution in [2.75, 3.05) is 13.2 Å². The van der Waals surface area contributed by atoms with Gasteiger partial charge in [-0.2, -0.15) is 13.2 Å². The van der Waals surface area contributed by atoms with Gasteiger partial charge in [0.05, 0.1) is 23.3 Å². The highest BCUT2D eigenvalue weighted by atomic mass is 35.5. The average Bonchev–Trinajstić information content (AvgIpc) is 3.27. The number of hydrogen-bond donors (Lipinski definition) is 4. The molecule has 2 amide bonds. The maximum Gasteiger partial charge on any atom is 0.428 e. The largest absolute Gasteiger partial charge is 0.484 e. The van der Waals surface area contributed by atoms with Crippen molar-refractivity contribution in [1.29, 1.82) is 0 Å². The molecular formula is C21H24ClF4N3O5. The van der Waals surface area contributed by atoms with Crippen LogP contribution in [0.4, 0.5) is 17.6 Å². The van der Waals surface area contributed by atoms with E-state index in [4.69, 9.17) is 16.3 Å². The van der Waals surface area contributed by atoms with Crippen LogP contribution in [0.1, 0.15) is 32.1 Å². The van der Waals surface area contributed by atoms with Crippen LogP contribution in [-0.4, -0.2) is 65.8 Å². The van der Waals surface area contributed by atoms with Crippen LogP contribution in [0.2, 0.25) is 5.02 Å². The summed E-state index contributed by atoms with van der Waals surface area (Å²) in [4.78, 5) is 25.0. The monoisotopic (exact) mass is 509 g/mol. The summed E-state index contributed by atoms with van der Waals surface area (Å²) in [5.74, 6) is -1.68. The Balaban J connectivity index is 1.30. The number of fused-ring (bicyclic) bond motifs is 3. The fraction of sp³-hybridized carbons (Fsp3) is 0.619. The van der Waals surface area contributed by atoms with Crippen molar-refractivity contribution < 1.29 is 41.7 Å². The average molecular weight is 510 g/mol. The summed E-state index contributed by atoms with van der Waals surface area (Å²) in [6.07, 6.45) is -6.10. The number of rotatable bonds is 6. The molecule has 5 rings (SSSR count). The number of aliphatic hydroxyl groups is 1. The first-order valence-corrected chi connectivity index (χ1v) is 11.1. The third-order valence-corrected chi connectivity index (χ3v) is 7.06. The normalized spacial score (nSPS) is 32.9. The Labute approximate surface area is 197 Å². The van der Waals surface area contributed by atoms with Crippen molar-refractivity contribution in [3.05, 3.63) is 29.0 Å². The molecule has 0 spiro atoms. The zero-order chi connectivity index (χ0) is 24.7. The highest BCUT2D eigenvalue weighted by Gasteiger charge is 2.56. The zero-order valence-electron chi connectivity index (χ0n) is 17.9. The van der Waals surface area contributed by atoms with Gasteiger partial charge in [-0.15, -0.1) is 0 Å². The number of carbonyl (C=O) groups excluding carboxylic acids is 2. The smallest absolute Gasteiger partial charge is 0.428 e. The molecule has 3 atom stereocenters. The first-order valence-electron chi connectivity index (χ1n) is 10.7. The molecule has 188 valence electrons. The molecule has 4 N–H and O–H groups in total. The van der Waals surface area contributed by atoms with Gasteiger partial charge in [-0.3, -0.25) is 14.9 Å². The Kier molecular flexibility index (Phi) is 6.71. The molecule has 0 aromatic heterocycles. The minimum atomic E-state index is -4.62. The molecule has 3 saturated carbocycles. The van der Waals surface area contributed by atoms with Gasteiger partial charge >= 0.3 is 6.18 Å². The molecule has 1 saturated heterocycles. The number of hydrogen-bond acceptors (Lipinski definition) is 6. The summed E-state index contributed by atoms with van der Waals surface area (Å²) in [6.45, 7) is -0.808. The van der Waals surface area contributed by atoms with Gasteiger partial charge in [0.1, 0.15) is 17.6 Å². The lowest BCUT2D eigenvalue weighted by atomic mass is 9.60. The third kappa shape index (κ3) is 5.09. The molecule has 1 aromatic carbocycles. The second kappa shape index (κ2) is 9.14. The van der Waals surface area contributed by atoms with E-state index >= 15 is 0 Å². The highest BCUT2D eigenvalue weighted by molar-refractivity contribution is 6.30. The Morgan fingerprint density at radius 1 is 1.24 bits per heavy atom. The van der Waals surface area contributed by atoms with Gasteiger partial charge in [0, 0.05) is 11.6 Å². The predicted octanol–water partition coefficient (Wildman–Crippen LogP) is 1.78. The lowest BCUT2D eigenvalue weighted by Gasteiger charge is -2.56. The molecule has 13 heteroatoms. The van der Waals surface area contributed by atoms with Gasteiger partial charge in [-0.1, -0.05) is 11.6 Å². The number of aliphatic hydroxyl groups excluding tert-OH is 1. The fourth-order valence-electron chi connectivity index (χ4n) is 4.85. The molecule has 1 heterocycles. The predicted molar refractivity (Wildman–Crippen MR) is 110 cm³/mol. The van der Waals surface area contributed by atoms with Crippen molar-refractivity contribution in [2.45, 2.75) is 67.7 Å². The van der Waals surface area contributed by atoms with Crippen LogP contribution < -0.4 is 20.7 Å². The van der Waals surface area contributed by atoms with Crippen molar-refractivity contribution in [3.8, 4) is 5.75 Å². The van der Waals surface area contributed by atoms with Crippen LogP contribution in [0.25, 0.3) is 0 Å². The van der Waals surface area contributed by atoms with Crippen molar-refractivity contribution in [3.63, 3.8) is 0 Å². The Hall–Kier alpha value is -2.15. The molecule has 1 aromatic rings. The number of ether oxygens (including phenoxy) is 2. The molecular weight excluding hydrogens is 486 g/mol. The Morgan fingerprint density at radius 3 is 2.53 bits per heavy atom. The van der Waals surface area contributed by atoms with Gasteiger partial charge in [0.25, 0.3) is 5.91 Å². The van der Waals surface area contributed by atoms with E-state index in [-0.39, 0.29) is 17.2 Å². The van der Waals surface area contributed by atoms with Crippen molar-refractivity contribution in [2.24, 2.45) is 0 Å². The molecule has 1 aliphatic heterocycles. The van der Waals surface area contributed by atoms with E-state index in [0.717, 1.165) is 6.07 Å². The standard InChI is InChI=1S/C21H24ClF4N3O5/c22-12-2-1-11(7-13(12)23)33-10-16(31)28-20-5-3-19(4-6-20,8-15(20)30)29-17(32)14-9-34-18(27-14)21(24,25)26/h1-2,7,14-15,18,27,30H,3-6,8-10H2,(H,28,31)(H,29,32)/t14?,15-,18?,19?,20?/m0/s1. The van der Waals surface area contributed by atoms with Crippen LogP contribution in [0.3, 0.4) is 0 Å². The van der Waals surface area contributed by atoms with Crippen LogP contribution in [0.15, 0.2) is 18.2 Å². The second-order valence-electron chi connectivity index (χ2n) is 9.03. The Bertz CT molecular complexity index is 955. The number of alkyl halides is 3. The first-order chi connectivity index (χ1) is 15.9. The van der Waals surface area contributed by atoms with Crippen LogP contribution in [0.5, 0.6) is 5.75 Å². The molecule has 34 heavy (non-hydrogen) atoms. The van der Waals surface area contributed by atoms with Crippen LogP contribution in [-0.2, 0) is 14.3 Å². The van der Waals surface area contributed by atoms with Crippen LogP contribution >= 0.6 is 11.6 Å². The second-order valence-corrected chi connectivity index (χ2v) is 9.44. The molecule has 2 unspecified atom stereocenters. The Morgan fingerprint density at radius 2 is 1.94 bits per heavy atom. The molecule has 4 aliphatic rings. The fourth-order valence-corrected chi connectivity index (χ4v) is 4.97. The van der Waals surface area contributed by atoms with Gasteiger partial charge in [0.2, 0.25) is 12.1 Å². The van der Waals surface area contributed by atoms with Gasteiger partial charge in [-0.25, -0.2) is 4.39 Å².